The van der Waals surface area contributed by atoms with Crippen LogP contribution < -0.4 is 5.32 Å². The van der Waals surface area contributed by atoms with Crippen LogP contribution in [-0.2, 0) is 16.6 Å². The molecule has 1 aromatic carbocycles. The molecule has 2 aromatic heterocycles. The molecule has 3 aromatic rings. The van der Waals surface area contributed by atoms with Crippen molar-refractivity contribution in [2.45, 2.75) is 0 Å². The fourth-order valence-corrected chi connectivity index (χ4v) is 2.30. The van der Waals surface area contributed by atoms with Gasteiger partial charge in [-0.25, -0.2) is 4.79 Å². The molecule has 0 fully saturated rings. The number of esters is 1. The van der Waals surface area contributed by atoms with Gasteiger partial charge in [-0.05, 0) is 24.3 Å². The summed E-state index contributed by atoms with van der Waals surface area (Å²) in [5, 5.41) is 12.3. The molecule has 0 atom stereocenters. The largest absolute Gasteiger partial charge is 0.451 e. The number of benzene rings is 1. The molecule has 1 amide bonds. The van der Waals surface area contributed by atoms with E-state index in [-0.39, 0.29) is 11.4 Å². The Balaban J connectivity index is 1.71. The highest BCUT2D eigenvalue weighted by molar-refractivity contribution is 6.03. The number of carbonyl (C=O) groups excluding carboxylic acids is 2. The molecule has 3 rings (SSSR count). The normalized spacial score (nSPS) is 10.3. The van der Waals surface area contributed by atoms with Crippen LogP contribution in [0.1, 0.15) is 16.2 Å². The average Bonchev–Trinajstić information content (AvgIpc) is 3.16. The lowest BCUT2D eigenvalue weighted by Crippen LogP contribution is -2.22. The first kappa shape index (κ1) is 15.4. The van der Waals surface area contributed by atoms with Gasteiger partial charge in [-0.2, -0.15) is 5.26 Å². The number of nitrogens with one attached hydrogen (secondary N) is 1. The monoisotopic (exact) mass is 323 g/mol. The van der Waals surface area contributed by atoms with Crippen molar-refractivity contribution >= 4 is 28.5 Å². The molecule has 1 N–H and O–H groups in total. The van der Waals surface area contributed by atoms with Gasteiger partial charge in [0.2, 0.25) is 5.76 Å². The third kappa shape index (κ3) is 2.85. The Labute approximate surface area is 137 Å². The minimum atomic E-state index is -0.602. The van der Waals surface area contributed by atoms with Crippen LogP contribution in [0, 0.1) is 11.3 Å². The van der Waals surface area contributed by atoms with E-state index in [4.69, 9.17) is 14.4 Å². The molecule has 0 radical (unpaired) electrons. The lowest BCUT2D eigenvalue weighted by molar-refractivity contribution is -0.119. The number of ether oxygens (including phenoxy) is 1. The summed E-state index contributed by atoms with van der Waals surface area (Å²) >= 11 is 0. The molecule has 0 aliphatic rings. The second-order valence-corrected chi connectivity index (χ2v) is 5.04. The highest BCUT2D eigenvalue weighted by Crippen LogP contribution is 2.30. The Morgan fingerprint density at radius 3 is 2.79 bits per heavy atom. The number of carbonyl (C=O) groups is 2. The Morgan fingerprint density at radius 2 is 2.08 bits per heavy atom. The van der Waals surface area contributed by atoms with Gasteiger partial charge in [0.1, 0.15) is 23.0 Å². The number of furan rings is 1. The molecule has 0 unspecified atom stereocenters. The van der Waals surface area contributed by atoms with Crippen LogP contribution in [0.2, 0.25) is 0 Å². The fourth-order valence-electron chi connectivity index (χ4n) is 2.30. The summed E-state index contributed by atoms with van der Waals surface area (Å²) in [5.41, 5.74) is 1.10. The highest BCUT2D eigenvalue weighted by Gasteiger charge is 2.18. The molecule has 7 nitrogen and oxygen atoms in total. The van der Waals surface area contributed by atoms with Crippen molar-refractivity contribution in [1.82, 2.24) is 4.57 Å². The summed E-state index contributed by atoms with van der Waals surface area (Å²) in [5.74, 6) is -1.16. The van der Waals surface area contributed by atoms with E-state index >= 15 is 0 Å². The second-order valence-electron chi connectivity index (χ2n) is 5.04. The Kier molecular flexibility index (Phi) is 4.03. The van der Waals surface area contributed by atoms with E-state index in [0.717, 1.165) is 0 Å². The van der Waals surface area contributed by atoms with Crippen LogP contribution >= 0.6 is 0 Å². The van der Waals surface area contributed by atoms with Crippen molar-refractivity contribution in [1.29, 1.82) is 5.26 Å². The standard InChI is InChI=1S/C17H13N3O4/c1-20-8-4-6-12(20)17(22)23-10-15(21)19-16-11-5-2-3-7-13(11)24-14(16)9-18/h2-8H,10H2,1H3,(H,19,21). The number of aryl methyl sites for hydroxylation is 1. The summed E-state index contributed by atoms with van der Waals surface area (Å²) in [6.45, 7) is -0.464. The number of para-hydroxylation sites is 1. The number of fused-ring (bicyclic) bond motifs is 1. The van der Waals surface area contributed by atoms with Gasteiger partial charge in [0.05, 0.1) is 0 Å². The maximum Gasteiger partial charge on any atom is 0.355 e. The summed E-state index contributed by atoms with van der Waals surface area (Å²) in [7, 11) is 1.70. The molecule has 0 bridgehead atoms. The van der Waals surface area contributed by atoms with Crippen molar-refractivity contribution in [2.24, 2.45) is 7.05 Å². The lowest BCUT2D eigenvalue weighted by Gasteiger charge is -2.06. The SMILES string of the molecule is Cn1cccc1C(=O)OCC(=O)Nc1c(C#N)oc2ccccc12. The minimum absolute atomic E-state index is 0.00156. The maximum absolute atomic E-state index is 12.0. The van der Waals surface area contributed by atoms with Crippen LogP contribution in [0.15, 0.2) is 47.0 Å². The second kappa shape index (κ2) is 6.30. The topological polar surface area (TPSA) is 97.3 Å². The van der Waals surface area contributed by atoms with Gasteiger partial charge in [0, 0.05) is 18.6 Å². The Hall–Kier alpha value is -3.53. The number of rotatable bonds is 4. The summed E-state index contributed by atoms with van der Waals surface area (Å²) in [6.07, 6.45) is 1.70. The van der Waals surface area contributed by atoms with E-state index in [1.165, 1.54) is 0 Å². The number of amides is 1. The first-order valence-corrected chi connectivity index (χ1v) is 7.10. The number of aromatic nitrogens is 1. The summed E-state index contributed by atoms with van der Waals surface area (Å²) in [6, 6.07) is 12.1. The first-order valence-electron chi connectivity index (χ1n) is 7.10. The lowest BCUT2D eigenvalue weighted by atomic mass is 10.2. The Morgan fingerprint density at radius 1 is 1.29 bits per heavy atom. The molecule has 2 heterocycles. The van der Waals surface area contributed by atoms with Crippen molar-refractivity contribution in [3.63, 3.8) is 0 Å². The predicted molar refractivity (Wildman–Crippen MR) is 85.3 cm³/mol. The van der Waals surface area contributed by atoms with Gasteiger partial charge in [0.25, 0.3) is 5.91 Å². The Bertz CT molecular complexity index is 962. The third-order valence-electron chi connectivity index (χ3n) is 3.45. The van der Waals surface area contributed by atoms with E-state index in [2.05, 4.69) is 5.32 Å². The summed E-state index contributed by atoms with van der Waals surface area (Å²) < 4.78 is 11.9. The zero-order chi connectivity index (χ0) is 17.1. The van der Waals surface area contributed by atoms with E-state index in [0.29, 0.717) is 16.7 Å². The van der Waals surface area contributed by atoms with Crippen LogP contribution in [0.3, 0.4) is 0 Å². The fraction of sp³-hybridized carbons (Fsp3) is 0.118. The van der Waals surface area contributed by atoms with Crippen LogP contribution in [0.5, 0.6) is 0 Å². The zero-order valence-corrected chi connectivity index (χ0v) is 12.8. The van der Waals surface area contributed by atoms with E-state index in [1.807, 2.05) is 6.07 Å². The van der Waals surface area contributed by atoms with E-state index in [1.54, 1.807) is 54.2 Å². The van der Waals surface area contributed by atoms with E-state index in [9.17, 15) is 9.59 Å². The van der Waals surface area contributed by atoms with Crippen molar-refractivity contribution in [3.8, 4) is 6.07 Å². The molecular weight excluding hydrogens is 310 g/mol. The molecule has 7 heteroatoms. The number of hydrogen-bond donors (Lipinski definition) is 1. The number of hydrogen-bond acceptors (Lipinski definition) is 5. The highest BCUT2D eigenvalue weighted by atomic mass is 16.5. The molecule has 120 valence electrons. The van der Waals surface area contributed by atoms with Gasteiger partial charge >= 0.3 is 5.97 Å². The average molecular weight is 323 g/mol. The van der Waals surface area contributed by atoms with Gasteiger partial charge in [-0.15, -0.1) is 0 Å². The molecule has 24 heavy (non-hydrogen) atoms. The maximum atomic E-state index is 12.0. The number of anilines is 1. The first-order chi connectivity index (χ1) is 11.6. The third-order valence-corrected chi connectivity index (χ3v) is 3.45. The van der Waals surface area contributed by atoms with Crippen LogP contribution in [0.4, 0.5) is 5.69 Å². The molecule has 0 aliphatic heterocycles. The van der Waals surface area contributed by atoms with Crippen LogP contribution in [0.25, 0.3) is 11.0 Å². The smallest absolute Gasteiger partial charge is 0.355 e. The van der Waals surface area contributed by atoms with Crippen molar-refractivity contribution in [3.05, 3.63) is 54.0 Å². The van der Waals surface area contributed by atoms with Gasteiger partial charge in [0.15, 0.2) is 6.61 Å². The van der Waals surface area contributed by atoms with Crippen molar-refractivity contribution in [2.75, 3.05) is 11.9 Å². The van der Waals surface area contributed by atoms with Crippen LogP contribution in [-0.4, -0.2) is 23.1 Å². The number of nitriles is 1. The predicted octanol–water partition coefficient (Wildman–Crippen LogP) is 2.44. The molecular formula is C17H13N3O4. The van der Waals surface area contributed by atoms with Gasteiger partial charge in [-0.1, -0.05) is 12.1 Å². The zero-order valence-electron chi connectivity index (χ0n) is 12.8. The minimum Gasteiger partial charge on any atom is -0.451 e. The molecule has 0 saturated carbocycles. The van der Waals surface area contributed by atoms with Crippen molar-refractivity contribution < 1.29 is 18.7 Å². The van der Waals surface area contributed by atoms with Gasteiger partial charge in [-0.3, -0.25) is 4.79 Å². The molecule has 0 aliphatic carbocycles. The van der Waals surface area contributed by atoms with Gasteiger partial charge < -0.3 is 19.0 Å². The number of nitrogens with zero attached hydrogens (tertiary/aromatic N) is 2. The molecule has 0 spiro atoms. The van der Waals surface area contributed by atoms with E-state index < -0.39 is 18.5 Å². The molecule has 0 saturated heterocycles. The quantitative estimate of drug-likeness (QED) is 0.744. The summed E-state index contributed by atoms with van der Waals surface area (Å²) in [4.78, 5) is 23.9.